The van der Waals surface area contributed by atoms with E-state index in [1.807, 2.05) is 19.9 Å². The number of aliphatic hydroxyl groups is 1. The van der Waals surface area contributed by atoms with Crippen molar-refractivity contribution >= 4 is 5.95 Å². The lowest BCUT2D eigenvalue weighted by Crippen LogP contribution is -2.26. The fourth-order valence-corrected chi connectivity index (χ4v) is 2.12. The van der Waals surface area contributed by atoms with E-state index in [-0.39, 0.29) is 11.5 Å². The highest BCUT2D eigenvalue weighted by atomic mass is 16.3. The smallest absolute Gasteiger partial charge is 0.225 e. The summed E-state index contributed by atoms with van der Waals surface area (Å²) in [5.41, 5.74) is 1.87. The first-order valence-electron chi connectivity index (χ1n) is 5.64. The lowest BCUT2D eigenvalue weighted by Gasteiger charge is -2.21. The van der Waals surface area contributed by atoms with E-state index in [4.69, 9.17) is 0 Å². The number of nitrogens with zero attached hydrogens (tertiary/aromatic N) is 3. The van der Waals surface area contributed by atoms with Crippen LogP contribution in [0.5, 0.6) is 0 Å². The van der Waals surface area contributed by atoms with E-state index in [0.29, 0.717) is 6.54 Å². The molecule has 1 fully saturated rings. The standard InChI is InChI=1S/C12H19N3O/c1-8-5-9(2)14-11(13-8)15-6-10(16)12(3,4)7-15/h5,10,16H,6-7H2,1-4H3/t10-/m1/s1. The second-order valence-electron chi connectivity index (χ2n) is 5.34. The van der Waals surface area contributed by atoms with Gasteiger partial charge in [0.1, 0.15) is 0 Å². The molecule has 1 aromatic rings. The van der Waals surface area contributed by atoms with Gasteiger partial charge in [-0.1, -0.05) is 13.8 Å². The number of aliphatic hydroxyl groups excluding tert-OH is 1. The van der Waals surface area contributed by atoms with Gasteiger partial charge < -0.3 is 10.0 Å². The molecule has 0 saturated carbocycles. The molecule has 16 heavy (non-hydrogen) atoms. The maximum atomic E-state index is 9.93. The van der Waals surface area contributed by atoms with Gasteiger partial charge in [0.05, 0.1) is 6.10 Å². The first-order valence-corrected chi connectivity index (χ1v) is 5.64. The Morgan fingerprint density at radius 3 is 2.31 bits per heavy atom. The van der Waals surface area contributed by atoms with Crippen LogP contribution in [0.1, 0.15) is 25.2 Å². The summed E-state index contributed by atoms with van der Waals surface area (Å²) in [6.45, 7) is 9.50. The van der Waals surface area contributed by atoms with Crippen LogP contribution in [-0.2, 0) is 0 Å². The third-order valence-electron chi connectivity index (χ3n) is 3.15. The minimum atomic E-state index is -0.308. The van der Waals surface area contributed by atoms with Gasteiger partial charge in [-0.3, -0.25) is 0 Å². The van der Waals surface area contributed by atoms with Gasteiger partial charge in [-0.2, -0.15) is 0 Å². The second kappa shape index (κ2) is 3.70. The number of β-amino-alcohol motifs (C(OH)–C–C–N with tert-alkyl or cyclic N) is 1. The number of rotatable bonds is 1. The van der Waals surface area contributed by atoms with Crippen LogP contribution in [0.15, 0.2) is 6.07 Å². The first kappa shape index (κ1) is 11.3. The van der Waals surface area contributed by atoms with Crippen molar-refractivity contribution in [1.82, 2.24) is 9.97 Å². The van der Waals surface area contributed by atoms with Gasteiger partial charge in [-0.25, -0.2) is 9.97 Å². The van der Waals surface area contributed by atoms with E-state index in [1.54, 1.807) is 0 Å². The van der Waals surface area contributed by atoms with Crippen molar-refractivity contribution in [3.63, 3.8) is 0 Å². The lowest BCUT2D eigenvalue weighted by atomic mass is 9.90. The van der Waals surface area contributed by atoms with Crippen LogP contribution < -0.4 is 4.90 Å². The van der Waals surface area contributed by atoms with E-state index in [1.165, 1.54) is 0 Å². The normalized spacial score (nSPS) is 23.8. The molecule has 0 unspecified atom stereocenters. The molecule has 88 valence electrons. The molecule has 1 atom stereocenters. The number of aromatic nitrogens is 2. The van der Waals surface area contributed by atoms with Crippen molar-refractivity contribution in [3.05, 3.63) is 17.5 Å². The average molecular weight is 221 g/mol. The van der Waals surface area contributed by atoms with Crippen LogP contribution in [-0.4, -0.2) is 34.3 Å². The third kappa shape index (κ3) is 2.02. The van der Waals surface area contributed by atoms with Crippen molar-refractivity contribution in [2.75, 3.05) is 18.0 Å². The van der Waals surface area contributed by atoms with Gasteiger partial charge in [0.2, 0.25) is 5.95 Å². The van der Waals surface area contributed by atoms with Gasteiger partial charge in [0.15, 0.2) is 0 Å². The van der Waals surface area contributed by atoms with E-state index in [2.05, 4.69) is 28.7 Å². The van der Waals surface area contributed by atoms with Crippen molar-refractivity contribution < 1.29 is 5.11 Å². The van der Waals surface area contributed by atoms with Gasteiger partial charge in [-0.05, 0) is 19.9 Å². The van der Waals surface area contributed by atoms with E-state index < -0.39 is 0 Å². The Kier molecular flexibility index (Phi) is 2.62. The lowest BCUT2D eigenvalue weighted by molar-refractivity contribution is 0.0964. The molecule has 0 radical (unpaired) electrons. The maximum absolute atomic E-state index is 9.93. The van der Waals surface area contributed by atoms with Crippen LogP contribution in [0.3, 0.4) is 0 Å². The predicted octanol–water partition coefficient (Wildman–Crippen LogP) is 1.30. The molecule has 2 rings (SSSR count). The largest absolute Gasteiger partial charge is 0.391 e. The number of hydrogen-bond acceptors (Lipinski definition) is 4. The number of aryl methyl sites for hydroxylation is 2. The Hall–Kier alpha value is -1.16. The second-order valence-corrected chi connectivity index (χ2v) is 5.34. The van der Waals surface area contributed by atoms with E-state index in [9.17, 15) is 5.11 Å². The molecule has 2 heterocycles. The fourth-order valence-electron chi connectivity index (χ4n) is 2.12. The molecule has 1 N–H and O–H groups in total. The summed E-state index contributed by atoms with van der Waals surface area (Å²) in [6.07, 6.45) is -0.308. The van der Waals surface area contributed by atoms with Crippen LogP contribution in [0.4, 0.5) is 5.95 Å². The van der Waals surface area contributed by atoms with Crippen LogP contribution >= 0.6 is 0 Å². The molecular formula is C12H19N3O. The molecule has 0 spiro atoms. The van der Waals surface area contributed by atoms with Crippen molar-refractivity contribution in [2.45, 2.75) is 33.8 Å². The van der Waals surface area contributed by atoms with Crippen molar-refractivity contribution in [1.29, 1.82) is 0 Å². The van der Waals surface area contributed by atoms with Crippen LogP contribution in [0, 0.1) is 19.3 Å². The third-order valence-corrected chi connectivity index (χ3v) is 3.15. The van der Waals surface area contributed by atoms with Crippen molar-refractivity contribution in [3.8, 4) is 0 Å². The quantitative estimate of drug-likeness (QED) is 0.776. The highest BCUT2D eigenvalue weighted by Crippen LogP contribution is 2.31. The zero-order valence-corrected chi connectivity index (χ0v) is 10.4. The Morgan fingerprint density at radius 2 is 1.88 bits per heavy atom. The Labute approximate surface area is 96.3 Å². The molecule has 4 heteroatoms. The summed E-state index contributed by atoms with van der Waals surface area (Å²) in [5, 5.41) is 9.93. The Bertz CT molecular complexity index is 383. The van der Waals surface area contributed by atoms with Gasteiger partial charge in [-0.15, -0.1) is 0 Å². The monoisotopic (exact) mass is 221 g/mol. The summed E-state index contributed by atoms with van der Waals surface area (Å²) >= 11 is 0. The molecule has 0 bridgehead atoms. The van der Waals surface area contributed by atoms with E-state index in [0.717, 1.165) is 23.9 Å². The molecule has 1 saturated heterocycles. The van der Waals surface area contributed by atoms with Crippen LogP contribution in [0.2, 0.25) is 0 Å². The summed E-state index contributed by atoms with van der Waals surface area (Å²) < 4.78 is 0. The van der Waals surface area contributed by atoms with Gasteiger partial charge in [0, 0.05) is 29.9 Å². The Balaban J connectivity index is 2.27. The Morgan fingerprint density at radius 1 is 1.31 bits per heavy atom. The molecule has 0 aromatic carbocycles. The molecule has 1 aromatic heterocycles. The molecule has 0 aliphatic carbocycles. The minimum Gasteiger partial charge on any atom is -0.391 e. The molecular weight excluding hydrogens is 202 g/mol. The summed E-state index contributed by atoms with van der Waals surface area (Å²) in [5.74, 6) is 0.738. The van der Waals surface area contributed by atoms with E-state index >= 15 is 0 Å². The SMILES string of the molecule is Cc1cc(C)nc(N2C[C@@H](O)C(C)(C)C2)n1. The number of anilines is 1. The predicted molar refractivity (Wildman–Crippen MR) is 63.5 cm³/mol. The topological polar surface area (TPSA) is 49.2 Å². The highest BCUT2D eigenvalue weighted by Gasteiger charge is 2.39. The zero-order chi connectivity index (χ0) is 11.9. The fraction of sp³-hybridized carbons (Fsp3) is 0.667. The molecule has 1 aliphatic heterocycles. The van der Waals surface area contributed by atoms with Crippen LogP contribution in [0.25, 0.3) is 0 Å². The summed E-state index contributed by atoms with van der Waals surface area (Å²) in [7, 11) is 0. The summed E-state index contributed by atoms with van der Waals surface area (Å²) in [6, 6.07) is 1.96. The van der Waals surface area contributed by atoms with Crippen molar-refractivity contribution in [2.24, 2.45) is 5.41 Å². The van der Waals surface area contributed by atoms with Gasteiger partial charge >= 0.3 is 0 Å². The number of hydrogen-bond donors (Lipinski definition) is 1. The highest BCUT2D eigenvalue weighted by molar-refractivity contribution is 5.35. The minimum absolute atomic E-state index is 0.0823. The zero-order valence-electron chi connectivity index (χ0n) is 10.4. The maximum Gasteiger partial charge on any atom is 0.225 e. The molecule has 1 aliphatic rings. The van der Waals surface area contributed by atoms with Gasteiger partial charge in [0.25, 0.3) is 0 Å². The molecule has 0 amide bonds. The summed E-state index contributed by atoms with van der Waals surface area (Å²) in [4.78, 5) is 10.9. The molecule has 4 nitrogen and oxygen atoms in total. The average Bonchev–Trinajstić information content (AvgIpc) is 2.40. The first-order chi connectivity index (χ1) is 7.38.